The van der Waals surface area contributed by atoms with Gasteiger partial charge in [0.1, 0.15) is 0 Å². The summed E-state index contributed by atoms with van der Waals surface area (Å²) in [5.41, 5.74) is 0.561. The van der Waals surface area contributed by atoms with Crippen LogP contribution in [0.15, 0.2) is 0 Å². The summed E-state index contributed by atoms with van der Waals surface area (Å²) in [6.07, 6.45) is 4.22. The Kier molecular flexibility index (Phi) is 2.13. The molecule has 2 aliphatic rings. The third-order valence-electron chi connectivity index (χ3n) is 3.60. The van der Waals surface area contributed by atoms with Crippen LogP contribution >= 0.6 is 0 Å². The predicted octanol–water partition coefficient (Wildman–Crippen LogP) is 1.08. The molecular formula is C10H20N2. The van der Waals surface area contributed by atoms with Crippen molar-refractivity contribution in [3.05, 3.63) is 0 Å². The Labute approximate surface area is 75.3 Å². The molecule has 0 radical (unpaired) electrons. The highest BCUT2D eigenvalue weighted by Gasteiger charge is 2.40. The molecule has 0 unspecified atom stereocenters. The van der Waals surface area contributed by atoms with Gasteiger partial charge in [0.25, 0.3) is 0 Å². The first-order valence-electron chi connectivity index (χ1n) is 5.13. The number of rotatable bonds is 0. The van der Waals surface area contributed by atoms with Crippen LogP contribution in [0.4, 0.5) is 0 Å². The molecule has 2 fully saturated rings. The molecule has 70 valence electrons. The Hall–Kier alpha value is -0.0800. The second kappa shape index (κ2) is 3.00. The van der Waals surface area contributed by atoms with Gasteiger partial charge in [-0.3, -0.25) is 0 Å². The van der Waals surface area contributed by atoms with Gasteiger partial charge in [-0.2, -0.15) is 0 Å². The lowest BCUT2D eigenvalue weighted by molar-refractivity contribution is 0.199. The van der Waals surface area contributed by atoms with Crippen molar-refractivity contribution in [1.29, 1.82) is 0 Å². The van der Waals surface area contributed by atoms with Crippen molar-refractivity contribution in [2.24, 2.45) is 5.41 Å². The van der Waals surface area contributed by atoms with Gasteiger partial charge in [0.15, 0.2) is 0 Å². The molecule has 2 heteroatoms. The molecule has 0 spiro atoms. The smallest absolute Gasteiger partial charge is 0.0134 e. The van der Waals surface area contributed by atoms with Gasteiger partial charge in [-0.05, 0) is 25.3 Å². The summed E-state index contributed by atoms with van der Waals surface area (Å²) in [5, 5.41) is 3.67. The van der Waals surface area contributed by atoms with Gasteiger partial charge in [-0.1, -0.05) is 13.3 Å². The fourth-order valence-corrected chi connectivity index (χ4v) is 2.90. The normalized spacial score (nSPS) is 44.0. The van der Waals surface area contributed by atoms with Crippen LogP contribution in [0.3, 0.4) is 0 Å². The van der Waals surface area contributed by atoms with E-state index in [1.54, 1.807) is 0 Å². The minimum Gasteiger partial charge on any atom is -0.312 e. The molecular weight excluding hydrogens is 148 g/mol. The molecule has 0 aromatic carbocycles. The zero-order valence-electron chi connectivity index (χ0n) is 8.27. The van der Waals surface area contributed by atoms with Crippen LogP contribution in [0, 0.1) is 5.41 Å². The van der Waals surface area contributed by atoms with Crippen molar-refractivity contribution in [1.82, 2.24) is 10.2 Å². The molecule has 1 saturated carbocycles. The van der Waals surface area contributed by atoms with Gasteiger partial charge in [-0.25, -0.2) is 0 Å². The van der Waals surface area contributed by atoms with Crippen molar-refractivity contribution in [3.63, 3.8) is 0 Å². The van der Waals surface area contributed by atoms with Gasteiger partial charge < -0.3 is 10.2 Å². The molecule has 0 aromatic heterocycles. The van der Waals surface area contributed by atoms with Gasteiger partial charge in [0.2, 0.25) is 0 Å². The van der Waals surface area contributed by atoms with E-state index in [1.165, 1.54) is 38.9 Å². The summed E-state index contributed by atoms with van der Waals surface area (Å²) in [6, 6.07) is 0.794. The van der Waals surface area contributed by atoms with E-state index in [-0.39, 0.29) is 0 Å². The number of hydrogen-bond acceptors (Lipinski definition) is 2. The van der Waals surface area contributed by atoms with E-state index in [2.05, 4.69) is 24.2 Å². The number of fused-ring (bicyclic) bond motifs is 1. The quantitative estimate of drug-likeness (QED) is 0.582. The molecule has 1 aliphatic carbocycles. The van der Waals surface area contributed by atoms with Gasteiger partial charge >= 0.3 is 0 Å². The van der Waals surface area contributed by atoms with Crippen molar-refractivity contribution in [2.75, 3.05) is 26.7 Å². The van der Waals surface area contributed by atoms with E-state index < -0.39 is 0 Å². The lowest BCUT2D eigenvalue weighted by atomic mass is 9.85. The molecule has 2 rings (SSSR count). The average molecular weight is 168 g/mol. The zero-order valence-corrected chi connectivity index (χ0v) is 8.27. The molecule has 2 atom stereocenters. The summed E-state index contributed by atoms with van der Waals surface area (Å²) < 4.78 is 0. The Bertz CT molecular complexity index is 169. The average Bonchev–Trinajstić information content (AvgIpc) is 2.26. The highest BCUT2D eigenvalue weighted by molar-refractivity contribution is 4.96. The second-order valence-corrected chi connectivity index (χ2v) is 4.79. The fraction of sp³-hybridized carbons (Fsp3) is 1.00. The Morgan fingerprint density at radius 1 is 1.50 bits per heavy atom. The monoisotopic (exact) mass is 168 g/mol. The van der Waals surface area contributed by atoms with E-state index in [4.69, 9.17) is 0 Å². The number of nitrogens with zero attached hydrogens (tertiary/aromatic N) is 1. The minimum atomic E-state index is 0.561. The highest BCUT2D eigenvalue weighted by atomic mass is 15.2. The Morgan fingerprint density at radius 3 is 3.17 bits per heavy atom. The SMILES string of the molecule is CN1CCN[C@@H]2CCC[C@@]2(C)C1. The molecule has 1 saturated heterocycles. The fourth-order valence-electron chi connectivity index (χ4n) is 2.90. The Balaban J connectivity index is 2.11. The van der Waals surface area contributed by atoms with Crippen molar-refractivity contribution in [2.45, 2.75) is 32.2 Å². The molecule has 0 aromatic rings. The van der Waals surface area contributed by atoms with E-state index in [0.717, 1.165) is 6.04 Å². The zero-order chi connectivity index (χ0) is 8.60. The Morgan fingerprint density at radius 2 is 2.33 bits per heavy atom. The van der Waals surface area contributed by atoms with E-state index in [0.29, 0.717) is 5.41 Å². The first-order chi connectivity index (χ1) is 5.71. The molecule has 1 heterocycles. The summed E-state index contributed by atoms with van der Waals surface area (Å²) >= 11 is 0. The number of likely N-dealkylation sites (N-methyl/N-ethyl adjacent to an activating group) is 1. The lowest BCUT2D eigenvalue weighted by Crippen LogP contribution is -2.41. The largest absolute Gasteiger partial charge is 0.312 e. The first kappa shape index (κ1) is 8.52. The summed E-state index contributed by atoms with van der Waals surface area (Å²) in [5.74, 6) is 0. The molecule has 1 N–H and O–H groups in total. The second-order valence-electron chi connectivity index (χ2n) is 4.79. The maximum Gasteiger partial charge on any atom is 0.0134 e. The van der Waals surface area contributed by atoms with E-state index in [9.17, 15) is 0 Å². The molecule has 12 heavy (non-hydrogen) atoms. The molecule has 0 amide bonds. The maximum absolute atomic E-state index is 3.67. The van der Waals surface area contributed by atoms with Crippen LogP contribution in [0.5, 0.6) is 0 Å². The highest BCUT2D eigenvalue weighted by Crippen LogP contribution is 2.39. The van der Waals surface area contributed by atoms with Crippen LogP contribution < -0.4 is 5.32 Å². The lowest BCUT2D eigenvalue weighted by Gasteiger charge is -2.31. The van der Waals surface area contributed by atoms with Crippen molar-refractivity contribution >= 4 is 0 Å². The third-order valence-corrected chi connectivity index (χ3v) is 3.60. The predicted molar refractivity (Wildman–Crippen MR) is 51.2 cm³/mol. The number of nitrogens with one attached hydrogen (secondary N) is 1. The van der Waals surface area contributed by atoms with Crippen LogP contribution in [-0.4, -0.2) is 37.6 Å². The molecule has 0 bridgehead atoms. The van der Waals surface area contributed by atoms with Crippen LogP contribution in [0.25, 0.3) is 0 Å². The summed E-state index contributed by atoms with van der Waals surface area (Å²) in [4.78, 5) is 2.47. The minimum absolute atomic E-state index is 0.561. The topological polar surface area (TPSA) is 15.3 Å². The third kappa shape index (κ3) is 1.38. The molecule has 2 nitrogen and oxygen atoms in total. The van der Waals surface area contributed by atoms with Crippen molar-refractivity contribution < 1.29 is 0 Å². The number of hydrogen-bond donors (Lipinski definition) is 1. The van der Waals surface area contributed by atoms with E-state index >= 15 is 0 Å². The van der Waals surface area contributed by atoms with Crippen LogP contribution in [-0.2, 0) is 0 Å². The standard InChI is InChI=1S/C10H20N2/c1-10-5-3-4-9(10)11-6-7-12(2)8-10/h9,11H,3-8H2,1-2H3/t9-,10+/m1/s1. The van der Waals surface area contributed by atoms with Crippen LogP contribution in [0.2, 0.25) is 0 Å². The van der Waals surface area contributed by atoms with Crippen LogP contribution in [0.1, 0.15) is 26.2 Å². The van der Waals surface area contributed by atoms with Gasteiger partial charge in [-0.15, -0.1) is 0 Å². The molecule has 1 aliphatic heterocycles. The summed E-state index contributed by atoms with van der Waals surface area (Å²) in [7, 11) is 2.24. The first-order valence-corrected chi connectivity index (χ1v) is 5.13. The van der Waals surface area contributed by atoms with Crippen molar-refractivity contribution in [3.8, 4) is 0 Å². The van der Waals surface area contributed by atoms with E-state index in [1.807, 2.05) is 0 Å². The maximum atomic E-state index is 3.67. The summed E-state index contributed by atoms with van der Waals surface area (Å²) in [6.45, 7) is 6.12. The van der Waals surface area contributed by atoms with Gasteiger partial charge in [0, 0.05) is 25.7 Å². The van der Waals surface area contributed by atoms with Gasteiger partial charge in [0.05, 0.1) is 0 Å².